The molecule has 1 aliphatic rings. The van der Waals surface area contributed by atoms with Crippen molar-refractivity contribution in [3.63, 3.8) is 0 Å². The van der Waals surface area contributed by atoms with Gasteiger partial charge < -0.3 is 15.8 Å². The van der Waals surface area contributed by atoms with Crippen LogP contribution in [-0.4, -0.2) is 12.5 Å². The number of nitrogens with two attached hydrogens (primary N) is 1. The summed E-state index contributed by atoms with van der Waals surface area (Å²) >= 11 is 0. The van der Waals surface area contributed by atoms with Crippen molar-refractivity contribution in [2.24, 2.45) is 0 Å². The lowest BCUT2D eigenvalue weighted by atomic mass is 10.2. The number of nitrogen functional groups attached to an aromatic ring is 1. The molecule has 2 rings (SSSR count). The number of nitrogens with one attached hydrogen (secondary N) is 1. The summed E-state index contributed by atoms with van der Waals surface area (Å²) in [6.07, 6.45) is 0. The van der Waals surface area contributed by atoms with Gasteiger partial charge in [0.25, 0.3) is 5.91 Å². The van der Waals surface area contributed by atoms with Crippen LogP contribution >= 0.6 is 0 Å². The third kappa shape index (κ3) is 1.28. The van der Waals surface area contributed by atoms with E-state index < -0.39 is 5.82 Å². The summed E-state index contributed by atoms with van der Waals surface area (Å²) in [6.45, 7) is -0.101. The molecule has 0 aliphatic carbocycles. The Morgan fingerprint density at radius 1 is 1.54 bits per heavy atom. The van der Waals surface area contributed by atoms with Crippen molar-refractivity contribution in [2.75, 3.05) is 17.7 Å². The van der Waals surface area contributed by atoms with Crippen molar-refractivity contribution in [1.29, 1.82) is 0 Å². The number of hydrogen-bond donors (Lipinski definition) is 2. The first-order chi connectivity index (χ1) is 6.16. The lowest BCUT2D eigenvalue weighted by Crippen LogP contribution is -2.26. The number of halogens is 1. The van der Waals surface area contributed by atoms with E-state index in [0.29, 0.717) is 5.69 Å². The Balaban J connectivity index is 2.53. The molecule has 1 amide bonds. The van der Waals surface area contributed by atoms with Gasteiger partial charge in [0.05, 0.1) is 5.69 Å². The second kappa shape index (κ2) is 2.62. The molecule has 68 valence electrons. The number of ether oxygens (including phenoxy) is 1. The Labute approximate surface area is 73.5 Å². The average molecular weight is 182 g/mol. The zero-order valence-corrected chi connectivity index (χ0v) is 6.63. The molecule has 0 radical (unpaired) electrons. The van der Waals surface area contributed by atoms with Crippen LogP contribution in [0.3, 0.4) is 0 Å². The van der Waals surface area contributed by atoms with E-state index in [1.54, 1.807) is 0 Å². The quantitative estimate of drug-likeness (QED) is 0.581. The fraction of sp³-hybridized carbons (Fsp3) is 0.125. The Morgan fingerprint density at radius 2 is 2.31 bits per heavy atom. The van der Waals surface area contributed by atoms with Crippen LogP contribution in [-0.2, 0) is 4.79 Å². The maximum atomic E-state index is 12.8. The number of amides is 1. The summed E-state index contributed by atoms with van der Waals surface area (Å²) in [5, 5.41) is 2.50. The van der Waals surface area contributed by atoms with Crippen LogP contribution in [0.2, 0.25) is 0 Å². The lowest BCUT2D eigenvalue weighted by molar-refractivity contribution is -0.118. The number of carbonyl (C=O) groups is 1. The van der Waals surface area contributed by atoms with E-state index in [9.17, 15) is 9.18 Å². The highest BCUT2D eigenvalue weighted by atomic mass is 19.1. The topological polar surface area (TPSA) is 64.3 Å². The molecule has 0 spiro atoms. The number of fused-ring (bicyclic) bond motifs is 1. The molecule has 0 bridgehead atoms. The molecular formula is C8H7FN2O2. The largest absolute Gasteiger partial charge is 0.481 e. The van der Waals surface area contributed by atoms with E-state index in [1.165, 1.54) is 6.07 Å². The van der Waals surface area contributed by atoms with E-state index in [-0.39, 0.29) is 24.0 Å². The van der Waals surface area contributed by atoms with Gasteiger partial charge in [0.1, 0.15) is 17.3 Å². The summed E-state index contributed by atoms with van der Waals surface area (Å²) in [5.41, 5.74) is 5.98. The van der Waals surface area contributed by atoms with E-state index >= 15 is 0 Å². The van der Waals surface area contributed by atoms with Crippen molar-refractivity contribution < 1.29 is 13.9 Å². The van der Waals surface area contributed by atoms with Crippen molar-refractivity contribution >= 4 is 17.3 Å². The smallest absolute Gasteiger partial charge is 0.262 e. The van der Waals surface area contributed by atoms with Gasteiger partial charge in [-0.05, 0) is 6.07 Å². The van der Waals surface area contributed by atoms with Crippen LogP contribution in [0.5, 0.6) is 5.75 Å². The number of carbonyl (C=O) groups excluding carboxylic acids is 1. The van der Waals surface area contributed by atoms with Crippen LogP contribution in [0.25, 0.3) is 0 Å². The summed E-state index contributed by atoms with van der Waals surface area (Å²) in [4.78, 5) is 10.9. The zero-order valence-electron chi connectivity index (χ0n) is 6.63. The Hall–Kier alpha value is -1.78. The molecule has 0 atom stereocenters. The summed E-state index contributed by atoms with van der Waals surface area (Å²) in [7, 11) is 0. The maximum Gasteiger partial charge on any atom is 0.262 e. The first-order valence-electron chi connectivity index (χ1n) is 3.68. The third-order valence-electron chi connectivity index (χ3n) is 1.72. The first-order valence-corrected chi connectivity index (χ1v) is 3.68. The Morgan fingerprint density at radius 3 is 3.08 bits per heavy atom. The summed E-state index contributed by atoms with van der Waals surface area (Å²) < 4.78 is 17.7. The molecule has 1 heterocycles. The first kappa shape index (κ1) is 7.85. The van der Waals surface area contributed by atoms with E-state index in [0.717, 1.165) is 6.07 Å². The molecule has 0 aromatic heterocycles. The van der Waals surface area contributed by atoms with Gasteiger partial charge in [0.15, 0.2) is 6.61 Å². The van der Waals surface area contributed by atoms with Gasteiger partial charge >= 0.3 is 0 Å². The maximum absolute atomic E-state index is 12.8. The number of hydrogen-bond acceptors (Lipinski definition) is 3. The highest BCUT2D eigenvalue weighted by molar-refractivity contribution is 5.98. The minimum atomic E-state index is -0.479. The van der Waals surface area contributed by atoms with Gasteiger partial charge in [-0.15, -0.1) is 0 Å². The van der Waals surface area contributed by atoms with Gasteiger partial charge in [-0.25, -0.2) is 4.39 Å². The van der Waals surface area contributed by atoms with Crippen LogP contribution in [0, 0.1) is 5.82 Å². The monoisotopic (exact) mass is 182 g/mol. The standard InChI is InChI=1S/C8H7FN2O2/c9-4-1-5(10)8-6(2-4)13-3-7(12)11-8/h1-2H,3,10H2,(H,11,12). The number of anilines is 2. The molecule has 1 aromatic rings. The SMILES string of the molecule is Nc1cc(F)cc2c1NC(=O)CO2. The molecular weight excluding hydrogens is 175 g/mol. The van der Waals surface area contributed by atoms with E-state index in [1.807, 2.05) is 0 Å². The fourth-order valence-corrected chi connectivity index (χ4v) is 1.17. The summed E-state index contributed by atoms with van der Waals surface area (Å²) in [6, 6.07) is 2.32. The highest BCUT2D eigenvalue weighted by Crippen LogP contribution is 2.33. The fourth-order valence-electron chi connectivity index (χ4n) is 1.17. The lowest BCUT2D eigenvalue weighted by Gasteiger charge is -2.19. The number of rotatable bonds is 0. The molecule has 0 saturated heterocycles. The molecule has 0 fully saturated rings. The predicted octanol–water partition coefficient (Wildman–Crippen LogP) is 0.739. The molecule has 0 saturated carbocycles. The zero-order chi connectivity index (χ0) is 9.42. The van der Waals surface area contributed by atoms with E-state index in [4.69, 9.17) is 10.5 Å². The molecule has 5 heteroatoms. The van der Waals surface area contributed by atoms with Crippen molar-refractivity contribution in [2.45, 2.75) is 0 Å². The Bertz CT molecular complexity index is 379. The van der Waals surface area contributed by atoms with Gasteiger partial charge in [-0.3, -0.25) is 4.79 Å². The van der Waals surface area contributed by atoms with Gasteiger partial charge in [-0.2, -0.15) is 0 Å². The highest BCUT2D eigenvalue weighted by Gasteiger charge is 2.18. The minimum Gasteiger partial charge on any atom is -0.481 e. The van der Waals surface area contributed by atoms with Crippen LogP contribution < -0.4 is 15.8 Å². The van der Waals surface area contributed by atoms with Gasteiger partial charge in [0, 0.05) is 6.07 Å². The van der Waals surface area contributed by atoms with Crippen LogP contribution in [0.1, 0.15) is 0 Å². The molecule has 3 N–H and O–H groups in total. The number of benzene rings is 1. The average Bonchev–Trinajstić information content (AvgIpc) is 2.06. The summed E-state index contributed by atoms with van der Waals surface area (Å²) in [5.74, 6) is -0.490. The van der Waals surface area contributed by atoms with Crippen LogP contribution in [0.15, 0.2) is 12.1 Å². The van der Waals surface area contributed by atoms with Crippen LogP contribution in [0.4, 0.5) is 15.8 Å². The molecule has 4 nitrogen and oxygen atoms in total. The normalized spacial score (nSPS) is 14.4. The second-order valence-electron chi connectivity index (χ2n) is 2.71. The molecule has 13 heavy (non-hydrogen) atoms. The van der Waals surface area contributed by atoms with Gasteiger partial charge in [-0.1, -0.05) is 0 Å². The second-order valence-corrected chi connectivity index (χ2v) is 2.71. The molecule has 0 unspecified atom stereocenters. The Kier molecular flexibility index (Phi) is 1.58. The van der Waals surface area contributed by atoms with Crippen molar-refractivity contribution in [3.8, 4) is 5.75 Å². The van der Waals surface area contributed by atoms with Crippen molar-refractivity contribution in [3.05, 3.63) is 17.9 Å². The van der Waals surface area contributed by atoms with E-state index in [2.05, 4.69) is 5.32 Å². The molecule has 1 aliphatic heterocycles. The molecule has 1 aromatic carbocycles. The van der Waals surface area contributed by atoms with Crippen molar-refractivity contribution in [1.82, 2.24) is 0 Å². The third-order valence-corrected chi connectivity index (χ3v) is 1.72. The minimum absolute atomic E-state index is 0.101. The van der Waals surface area contributed by atoms with Gasteiger partial charge in [0.2, 0.25) is 0 Å². The predicted molar refractivity (Wildman–Crippen MR) is 44.9 cm³/mol.